The van der Waals surface area contributed by atoms with E-state index in [4.69, 9.17) is 4.42 Å². The van der Waals surface area contributed by atoms with Gasteiger partial charge in [-0.15, -0.1) is 0 Å². The molecule has 0 saturated heterocycles. The molecule has 0 saturated carbocycles. The van der Waals surface area contributed by atoms with Crippen LogP contribution in [0, 0.1) is 0 Å². The Balaban J connectivity index is 1.07. The highest BCUT2D eigenvalue weighted by Gasteiger charge is 2.25. The third kappa shape index (κ3) is 5.30. The second-order valence-corrected chi connectivity index (χ2v) is 17.4. The highest BCUT2D eigenvalue weighted by atomic mass is 16.3. The summed E-state index contributed by atoms with van der Waals surface area (Å²) >= 11 is 0. The van der Waals surface area contributed by atoms with Crippen LogP contribution in [0.5, 0.6) is 0 Å². The molecule has 14 aromatic rings. The van der Waals surface area contributed by atoms with Crippen LogP contribution >= 0.6 is 0 Å². The summed E-state index contributed by atoms with van der Waals surface area (Å²) in [6.07, 6.45) is 0. The molecule has 66 heavy (non-hydrogen) atoms. The summed E-state index contributed by atoms with van der Waals surface area (Å²) in [4.78, 5) is 0. The van der Waals surface area contributed by atoms with Gasteiger partial charge in [0.15, 0.2) is 0 Å². The molecule has 0 fully saturated rings. The maximum absolute atomic E-state index is 6.92. The Morgan fingerprint density at radius 2 is 0.652 bits per heavy atom. The largest absolute Gasteiger partial charge is 0.456 e. The number of benzene rings is 12. The SMILES string of the molecule is c1ccc(-c2c3ccccc3c(-c3cccc4oc5cccc(-c6c7ccccc7c(-c7ccc8c9ccccc9n(-c9ccccc9)c8c7)c7ccccc67)c5c34)c3ccccc23)cc1. The Kier molecular flexibility index (Phi) is 8.02. The molecule has 2 heteroatoms. The summed E-state index contributed by atoms with van der Waals surface area (Å²) in [7, 11) is 0. The zero-order valence-corrected chi connectivity index (χ0v) is 35.9. The molecule has 2 aromatic heterocycles. The minimum Gasteiger partial charge on any atom is -0.456 e. The summed E-state index contributed by atoms with van der Waals surface area (Å²) in [6, 6.07) is 86.4. The first kappa shape index (κ1) is 36.7. The first-order valence-corrected chi connectivity index (χ1v) is 22.8. The molecular weight excluding hydrogens is 799 g/mol. The van der Waals surface area contributed by atoms with Gasteiger partial charge in [0.25, 0.3) is 0 Å². The van der Waals surface area contributed by atoms with Crippen LogP contribution in [0.3, 0.4) is 0 Å². The molecule has 12 aromatic carbocycles. The average Bonchev–Trinajstić information content (AvgIpc) is 3.94. The fourth-order valence-electron chi connectivity index (χ4n) is 11.3. The van der Waals surface area contributed by atoms with Crippen LogP contribution in [0.1, 0.15) is 0 Å². The van der Waals surface area contributed by atoms with E-state index in [1.807, 2.05) is 0 Å². The van der Waals surface area contributed by atoms with E-state index in [1.165, 1.54) is 98.3 Å². The number of aromatic nitrogens is 1. The molecule has 2 nitrogen and oxygen atoms in total. The molecule has 0 bridgehead atoms. The van der Waals surface area contributed by atoms with Gasteiger partial charge in [0, 0.05) is 27.2 Å². The van der Waals surface area contributed by atoms with Crippen molar-refractivity contribution < 1.29 is 4.42 Å². The van der Waals surface area contributed by atoms with Gasteiger partial charge in [-0.2, -0.15) is 0 Å². The van der Waals surface area contributed by atoms with Crippen molar-refractivity contribution in [3.05, 3.63) is 237 Å². The van der Waals surface area contributed by atoms with Gasteiger partial charge in [-0.05, 0) is 124 Å². The van der Waals surface area contributed by atoms with Crippen molar-refractivity contribution in [3.8, 4) is 50.2 Å². The van der Waals surface area contributed by atoms with Crippen LogP contribution in [-0.4, -0.2) is 4.57 Å². The predicted octanol–water partition coefficient (Wildman–Crippen LogP) is 18.0. The van der Waals surface area contributed by atoms with Gasteiger partial charge in [-0.3, -0.25) is 0 Å². The van der Waals surface area contributed by atoms with E-state index in [0.29, 0.717) is 0 Å². The van der Waals surface area contributed by atoms with Crippen LogP contribution in [-0.2, 0) is 0 Å². The topological polar surface area (TPSA) is 18.1 Å². The molecule has 14 rings (SSSR count). The third-order valence-electron chi connectivity index (χ3n) is 14.0. The van der Waals surface area contributed by atoms with Gasteiger partial charge in [-0.25, -0.2) is 0 Å². The van der Waals surface area contributed by atoms with Crippen LogP contribution in [0.15, 0.2) is 241 Å². The van der Waals surface area contributed by atoms with Crippen molar-refractivity contribution in [1.29, 1.82) is 0 Å². The molecule has 0 atom stereocenters. The van der Waals surface area contributed by atoms with Crippen molar-refractivity contribution in [2.75, 3.05) is 0 Å². The lowest BCUT2D eigenvalue weighted by Gasteiger charge is -2.19. The van der Waals surface area contributed by atoms with Crippen molar-refractivity contribution in [2.24, 2.45) is 0 Å². The van der Waals surface area contributed by atoms with E-state index in [0.717, 1.165) is 38.8 Å². The maximum Gasteiger partial charge on any atom is 0.136 e. The normalized spacial score (nSPS) is 11.9. The zero-order valence-electron chi connectivity index (χ0n) is 35.9. The molecule has 0 spiro atoms. The molecule has 0 radical (unpaired) electrons. The van der Waals surface area contributed by atoms with E-state index in [9.17, 15) is 0 Å². The van der Waals surface area contributed by atoms with Gasteiger partial charge < -0.3 is 8.98 Å². The highest BCUT2D eigenvalue weighted by molar-refractivity contribution is 6.30. The van der Waals surface area contributed by atoms with Crippen molar-refractivity contribution in [2.45, 2.75) is 0 Å². The average molecular weight is 838 g/mol. The molecule has 0 aliphatic carbocycles. The maximum atomic E-state index is 6.92. The molecule has 0 amide bonds. The summed E-state index contributed by atoms with van der Waals surface area (Å²) < 4.78 is 9.34. The van der Waals surface area contributed by atoms with Crippen LogP contribution in [0.2, 0.25) is 0 Å². The predicted molar refractivity (Wildman–Crippen MR) is 280 cm³/mol. The second kappa shape index (κ2) is 14.4. The Hall–Kier alpha value is -8.72. The number of rotatable bonds is 5. The Morgan fingerprint density at radius 3 is 1.15 bits per heavy atom. The van der Waals surface area contributed by atoms with E-state index >= 15 is 0 Å². The fourth-order valence-corrected chi connectivity index (χ4v) is 11.3. The van der Waals surface area contributed by atoms with E-state index in [1.54, 1.807) is 0 Å². The lowest BCUT2D eigenvalue weighted by Crippen LogP contribution is -1.94. The van der Waals surface area contributed by atoms with Crippen molar-refractivity contribution >= 4 is 86.8 Å². The van der Waals surface area contributed by atoms with Gasteiger partial charge in [0.1, 0.15) is 11.2 Å². The number of hydrogen-bond acceptors (Lipinski definition) is 1. The zero-order chi connectivity index (χ0) is 43.3. The van der Waals surface area contributed by atoms with Crippen LogP contribution < -0.4 is 0 Å². The Labute approximate surface area is 380 Å². The van der Waals surface area contributed by atoms with Gasteiger partial charge in [0.2, 0.25) is 0 Å². The minimum absolute atomic E-state index is 0.876. The monoisotopic (exact) mass is 837 g/mol. The molecule has 0 aliphatic heterocycles. The summed E-state index contributed by atoms with van der Waals surface area (Å²) in [6.45, 7) is 0. The number of furan rings is 1. The van der Waals surface area contributed by atoms with E-state index in [2.05, 4.69) is 241 Å². The van der Waals surface area contributed by atoms with Crippen molar-refractivity contribution in [3.63, 3.8) is 0 Å². The number of para-hydroxylation sites is 2. The van der Waals surface area contributed by atoms with E-state index in [-0.39, 0.29) is 0 Å². The van der Waals surface area contributed by atoms with Gasteiger partial charge in [-0.1, -0.05) is 200 Å². The first-order valence-electron chi connectivity index (χ1n) is 22.8. The van der Waals surface area contributed by atoms with Crippen LogP contribution in [0.4, 0.5) is 0 Å². The number of hydrogen-bond donors (Lipinski definition) is 0. The molecule has 0 unspecified atom stereocenters. The third-order valence-corrected chi connectivity index (χ3v) is 14.0. The molecule has 306 valence electrons. The van der Waals surface area contributed by atoms with Gasteiger partial charge >= 0.3 is 0 Å². The van der Waals surface area contributed by atoms with Crippen LogP contribution in [0.25, 0.3) is 137 Å². The van der Waals surface area contributed by atoms with E-state index < -0.39 is 0 Å². The first-order chi connectivity index (χ1) is 32.8. The highest BCUT2D eigenvalue weighted by Crippen LogP contribution is 2.51. The smallest absolute Gasteiger partial charge is 0.136 e. The summed E-state index contributed by atoms with van der Waals surface area (Å²) in [5, 5.41) is 14.5. The quantitative estimate of drug-likeness (QED) is 0.158. The van der Waals surface area contributed by atoms with Gasteiger partial charge in [0.05, 0.1) is 11.0 Å². The number of fused-ring (bicyclic) bond motifs is 10. The minimum atomic E-state index is 0.876. The number of nitrogens with zero attached hydrogens (tertiary/aromatic N) is 1. The lowest BCUT2D eigenvalue weighted by molar-refractivity contribution is 0.669. The molecule has 2 heterocycles. The van der Waals surface area contributed by atoms with Crippen molar-refractivity contribution in [1.82, 2.24) is 4.57 Å². The fraction of sp³-hybridized carbons (Fsp3) is 0. The molecular formula is C64H39NO. The summed E-state index contributed by atoms with van der Waals surface area (Å²) in [5.74, 6) is 0. The second-order valence-electron chi connectivity index (χ2n) is 17.4. The lowest BCUT2D eigenvalue weighted by atomic mass is 9.83. The Bertz CT molecular complexity index is 4160. The molecule has 0 aliphatic rings. The molecule has 0 N–H and O–H groups in total. The Morgan fingerprint density at radius 1 is 0.258 bits per heavy atom. The summed E-state index contributed by atoms with van der Waals surface area (Å²) in [5.41, 5.74) is 14.9. The standard InChI is InChI=1S/C64H39NO/c1-3-19-40(20-4-1)59-45-24-7-11-28-49(45)61(50-29-12-8-25-46(50)59)53-32-17-35-57-63(53)64-54(33-18-36-58(64)66-57)62-51-30-13-9-26-47(51)60(48-27-10-14-31-52(48)62)41-37-38-44-43-23-15-16-34-55(43)65(56(44)39-41)42-21-5-2-6-22-42/h1-39H.